The molecule has 0 aromatic heterocycles. The molecule has 1 unspecified atom stereocenters. The molecule has 1 fully saturated rings. The number of carbonyl (C=O) groups is 2. The number of amides is 1. The van der Waals surface area contributed by atoms with Crippen molar-refractivity contribution < 1.29 is 19.1 Å². The normalized spacial score (nSPS) is 20.2. The summed E-state index contributed by atoms with van der Waals surface area (Å²) in [7, 11) is 1.34. The summed E-state index contributed by atoms with van der Waals surface area (Å²) in [6.07, 6.45) is 1.71. The lowest BCUT2D eigenvalue weighted by atomic mass is 9.97. The second-order valence-electron chi connectivity index (χ2n) is 7.55. The molecule has 144 valence electrons. The Balaban J connectivity index is 2.04. The fraction of sp³-hybridized carbons (Fsp3) is 0.579. The predicted octanol–water partition coefficient (Wildman–Crippen LogP) is 4.83. The molecule has 0 aliphatic carbocycles. The second kappa shape index (κ2) is 8.61. The molecule has 1 aromatic carbocycles. The zero-order valence-electron chi connectivity index (χ0n) is 15.6. The number of likely N-dealkylation sites (tertiary alicyclic amines) is 1. The van der Waals surface area contributed by atoms with Gasteiger partial charge in [0.2, 0.25) is 0 Å². The van der Waals surface area contributed by atoms with E-state index in [4.69, 9.17) is 21.1 Å². The Morgan fingerprint density at radius 2 is 2.04 bits per heavy atom. The van der Waals surface area contributed by atoms with Crippen molar-refractivity contribution in [3.05, 3.63) is 33.3 Å². The van der Waals surface area contributed by atoms with Gasteiger partial charge < -0.3 is 9.47 Å². The number of ether oxygens (including phenoxy) is 2. The average molecular weight is 447 g/mol. The predicted molar refractivity (Wildman–Crippen MR) is 104 cm³/mol. The van der Waals surface area contributed by atoms with E-state index in [1.165, 1.54) is 12.0 Å². The second-order valence-corrected chi connectivity index (χ2v) is 8.87. The number of benzene rings is 1. The zero-order chi connectivity index (χ0) is 19.5. The maximum atomic E-state index is 12.5. The van der Waals surface area contributed by atoms with Gasteiger partial charge in [0.05, 0.1) is 7.11 Å². The molecule has 1 aliphatic rings. The third-order valence-electron chi connectivity index (χ3n) is 4.33. The lowest BCUT2D eigenvalue weighted by Gasteiger charge is -2.27. The monoisotopic (exact) mass is 445 g/mol. The van der Waals surface area contributed by atoms with E-state index in [1.54, 1.807) is 20.8 Å². The van der Waals surface area contributed by atoms with Crippen molar-refractivity contribution >= 4 is 39.6 Å². The summed E-state index contributed by atoms with van der Waals surface area (Å²) in [5.74, 6) is -0.216. The van der Waals surface area contributed by atoms with Crippen LogP contribution >= 0.6 is 27.5 Å². The first kappa shape index (κ1) is 21.0. The molecule has 1 saturated heterocycles. The van der Waals surface area contributed by atoms with Gasteiger partial charge in [0.15, 0.2) is 0 Å². The van der Waals surface area contributed by atoms with E-state index in [9.17, 15) is 9.59 Å². The number of hydrogen-bond donors (Lipinski definition) is 0. The highest BCUT2D eigenvalue weighted by atomic mass is 79.9. The number of rotatable bonds is 4. The Morgan fingerprint density at radius 3 is 2.62 bits per heavy atom. The van der Waals surface area contributed by atoms with Crippen molar-refractivity contribution in [1.29, 1.82) is 0 Å². The van der Waals surface area contributed by atoms with E-state index in [-0.39, 0.29) is 5.92 Å². The van der Waals surface area contributed by atoms with Gasteiger partial charge in [-0.25, -0.2) is 9.59 Å². The van der Waals surface area contributed by atoms with Crippen LogP contribution in [0.2, 0.25) is 5.02 Å². The topological polar surface area (TPSA) is 55.8 Å². The van der Waals surface area contributed by atoms with E-state index in [2.05, 4.69) is 15.9 Å². The van der Waals surface area contributed by atoms with E-state index in [0.717, 1.165) is 22.9 Å². The lowest BCUT2D eigenvalue weighted by Crippen LogP contribution is -2.43. The third kappa shape index (κ3) is 5.61. The molecule has 0 N–H and O–H groups in total. The standard InChI is InChI=1S/C19H25BrClNO4/c1-19(2,3)26-18(24)22-11-12(9-16(22)17(23)25-4)5-6-13-7-8-14(20)10-15(13)21/h7-8,10,12,16H,5-6,9,11H2,1-4H3/t12?,16-/m0/s1. The van der Waals surface area contributed by atoms with Gasteiger partial charge in [0, 0.05) is 16.0 Å². The molecule has 26 heavy (non-hydrogen) atoms. The van der Waals surface area contributed by atoms with E-state index in [0.29, 0.717) is 18.0 Å². The highest BCUT2D eigenvalue weighted by Gasteiger charge is 2.41. The molecule has 1 aliphatic heterocycles. The maximum Gasteiger partial charge on any atom is 0.411 e. The van der Waals surface area contributed by atoms with Gasteiger partial charge in [-0.05, 0) is 63.6 Å². The summed E-state index contributed by atoms with van der Waals surface area (Å²) in [6.45, 7) is 5.90. The Bertz CT molecular complexity index is 674. The van der Waals surface area contributed by atoms with Crippen LogP contribution in [-0.4, -0.2) is 42.3 Å². The van der Waals surface area contributed by atoms with Crippen LogP contribution in [0, 0.1) is 5.92 Å². The first-order chi connectivity index (χ1) is 12.1. The molecule has 0 bridgehead atoms. The lowest BCUT2D eigenvalue weighted by molar-refractivity contribution is -0.145. The highest BCUT2D eigenvalue weighted by Crippen LogP contribution is 2.31. The van der Waals surface area contributed by atoms with Crippen molar-refractivity contribution in [2.24, 2.45) is 5.92 Å². The van der Waals surface area contributed by atoms with Crippen LogP contribution in [0.15, 0.2) is 22.7 Å². The zero-order valence-corrected chi connectivity index (χ0v) is 17.9. The van der Waals surface area contributed by atoms with Crippen molar-refractivity contribution in [3.63, 3.8) is 0 Å². The van der Waals surface area contributed by atoms with E-state index >= 15 is 0 Å². The highest BCUT2D eigenvalue weighted by molar-refractivity contribution is 9.10. The molecule has 5 nitrogen and oxygen atoms in total. The largest absolute Gasteiger partial charge is 0.467 e. The van der Waals surface area contributed by atoms with Crippen LogP contribution in [0.25, 0.3) is 0 Å². The molecule has 1 aromatic rings. The summed E-state index contributed by atoms with van der Waals surface area (Å²) in [5, 5.41) is 0.714. The Morgan fingerprint density at radius 1 is 1.35 bits per heavy atom. The molecule has 1 heterocycles. The SMILES string of the molecule is COC(=O)[C@@H]1CC(CCc2ccc(Br)cc2Cl)CN1C(=O)OC(C)(C)C. The summed E-state index contributed by atoms with van der Waals surface area (Å²) in [4.78, 5) is 26.1. The van der Waals surface area contributed by atoms with Crippen molar-refractivity contribution in [3.8, 4) is 0 Å². The third-order valence-corrected chi connectivity index (χ3v) is 5.17. The Labute approximate surface area is 168 Å². The molecule has 1 amide bonds. The van der Waals surface area contributed by atoms with Crippen LogP contribution in [0.4, 0.5) is 4.79 Å². The molecular weight excluding hydrogens is 422 g/mol. The fourth-order valence-electron chi connectivity index (χ4n) is 3.10. The van der Waals surface area contributed by atoms with Gasteiger partial charge in [-0.15, -0.1) is 0 Å². The number of hydrogen-bond acceptors (Lipinski definition) is 4. The Hall–Kier alpha value is -1.27. The first-order valence-corrected chi connectivity index (χ1v) is 9.79. The average Bonchev–Trinajstić information content (AvgIpc) is 2.96. The maximum absolute atomic E-state index is 12.5. The van der Waals surface area contributed by atoms with Crippen molar-refractivity contribution in [2.45, 2.75) is 51.7 Å². The minimum absolute atomic E-state index is 0.186. The van der Waals surface area contributed by atoms with Crippen molar-refractivity contribution in [2.75, 3.05) is 13.7 Å². The number of carbonyl (C=O) groups excluding carboxylic acids is 2. The number of methoxy groups -OCH3 is 1. The number of aryl methyl sites for hydroxylation is 1. The fourth-order valence-corrected chi connectivity index (χ4v) is 3.87. The van der Waals surface area contributed by atoms with Gasteiger partial charge in [0.25, 0.3) is 0 Å². The number of nitrogens with zero attached hydrogens (tertiary/aromatic N) is 1. The van der Waals surface area contributed by atoms with Gasteiger partial charge in [0.1, 0.15) is 11.6 Å². The van der Waals surface area contributed by atoms with Gasteiger partial charge in [-0.2, -0.15) is 0 Å². The number of halogens is 2. The van der Waals surface area contributed by atoms with Gasteiger partial charge in [-0.1, -0.05) is 33.6 Å². The van der Waals surface area contributed by atoms with E-state index < -0.39 is 23.7 Å². The van der Waals surface area contributed by atoms with Gasteiger partial charge in [-0.3, -0.25) is 4.90 Å². The minimum atomic E-state index is -0.610. The summed E-state index contributed by atoms with van der Waals surface area (Å²) >= 11 is 9.68. The minimum Gasteiger partial charge on any atom is -0.467 e. The van der Waals surface area contributed by atoms with Crippen LogP contribution < -0.4 is 0 Å². The molecular formula is C19H25BrClNO4. The molecule has 0 spiro atoms. The molecule has 7 heteroatoms. The van der Waals surface area contributed by atoms with Gasteiger partial charge >= 0.3 is 12.1 Å². The quantitative estimate of drug-likeness (QED) is 0.621. The number of esters is 1. The van der Waals surface area contributed by atoms with Crippen LogP contribution in [-0.2, 0) is 20.7 Å². The summed E-state index contributed by atoms with van der Waals surface area (Å²) < 4.78 is 11.3. The summed E-state index contributed by atoms with van der Waals surface area (Å²) in [6, 6.07) is 5.22. The summed E-state index contributed by atoms with van der Waals surface area (Å²) in [5.41, 5.74) is 0.445. The van der Waals surface area contributed by atoms with E-state index in [1.807, 2.05) is 18.2 Å². The molecule has 2 atom stereocenters. The smallest absolute Gasteiger partial charge is 0.411 e. The molecule has 2 rings (SSSR count). The van der Waals surface area contributed by atoms with Crippen LogP contribution in [0.5, 0.6) is 0 Å². The first-order valence-electron chi connectivity index (χ1n) is 8.62. The van der Waals surface area contributed by atoms with Crippen LogP contribution in [0.1, 0.15) is 39.2 Å². The molecule has 0 saturated carbocycles. The van der Waals surface area contributed by atoms with Crippen molar-refractivity contribution in [1.82, 2.24) is 4.90 Å². The Kier molecular flexibility index (Phi) is 6.97. The van der Waals surface area contributed by atoms with Crippen LogP contribution in [0.3, 0.4) is 0 Å². The molecule has 0 radical (unpaired) electrons.